The molecule has 0 aliphatic carbocycles. The minimum atomic E-state index is -0.179. The molecule has 0 fully saturated rings. The summed E-state index contributed by atoms with van der Waals surface area (Å²) in [6, 6.07) is 0. The quantitative estimate of drug-likeness (QED) is 0.412. The third-order valence-electron chi connectivity index (χ3n) is 2.21. The SMILES string of the molecule is CCN(CC)CC.OCCON(OCCO)OCCO. The molecule has 8 heteroatoms. The molecule has 0 atom stereocenters. The highest BCUT2D eigenvalue weighted by Crippen LogP contribution is 1.93. The van der Waals surface area contributed by atoms with Crippen molar-refractivity contribution < 1.29 is 29.8 Å². The molecule has 0 bridgehead atoms. The van der Waals surface area contributed by atoms with E-state index in [-0.39, 0.29) is 39.6 Å². The molecule has 3 N–H and O–H groups in total. The molecule has 0 saturated heterocycles. The van der Waals surface area contributed by atoms with Crippen LogP contribution in [0.3, 0.4) is 0 Å². The van der Waals surface area contributed by atoms with Gasteiger partial charge in [-0.15, -0.1) is 0 Å². The highest BCUT2D eigenvalue weighted by atomic mass is 17.2. The summed E-state index contributed by atoms with van der Waals surface area (Å²) in [6.45, 7) is 9.62. The van der Waals surface area contributed by atoms with Crippen molar-refractivity contribution in [1.82, 2.24) is 10.3 Å². The van der Waals surface area contributed by atoms with E-state index in [2.05, 4.69) is 25.7 Å². The molecule has 0 spiro atoms. The lowest BCUT2D eigenvalue weighted by Gasteiger charge is -2.17. The van der Waals surface area contributed by atoms with Crippen molar-refractivity contribution in [3.63, 3.8) is 0 Å². The summed E-state index contributed by atoms with van der Waals surface area (Å²) >= 11 is 0. The van der Waals surface area contributed by atoms with Gasteiger partial charge in [-0.05, 0) is 19.6 Å². The molecule has 0 aromatic heterocycles. The molecule has 124 valence electrons. The van der Waals surface area contributed by atoms with E-state index >= 15 is 0 Å². The van der Waals surface area contributed by atoms with Crippen LogP contribution in [0.15, 0.2) is 0 Å². The van der Waals surface area contributed by atoms with Crippen molar-refractivity contribution >= 4 is 0 Å². The number of nitrogens with zero attached hydrogens (tertiary/aromatic N) is 2. The van der Waals surface area contributed by atoms with E-state index in [0.717, 1.165) is 0 Å². The van der Waals surface area contributed by atoms with Crippen molar-refractivity contribution in [2.75, 3.05) is 59.3 Å². The van der Waals surface area contributed by atoms with Gasteiger partial charge in [-0.25, -0.2) is 14.5 Å². The van der Waals surface area contributed by atoms with Crippen molar-refractivity contribution in [3.05, 3.63) is 0 Å². The third-order valence-corrected chi connectivity index (χ3v) is 2.21. The van der Waals surface area contributed by atoms with Gasteiger partial charge < -0.3 is 20.2 Å². The Morgan fingerprint density at radius 3 is 1.10 bits per heavy atom. The van der Waals surface area contributed by atoms with E-state index in [0.29, 0.717) is 5.39 Å². The lowest BCUT2D eigenvalue weighted by atomic mass is 10.5. The molecule has 0 amide bonds. The Kier molecular flexibility index (Phi) is 20.5. The van der Waals surface area contributed by atoms with Crippen LogP contribution in [-0.2, 0) is 14.5 Å². The van der Waals surface area contributed by atoms with Crippen molar-refractivity contribution in [2.45, 2.75) is 20.8 Å². The van der Waals surface area contributed by atoms with E-state index in [1.165, 1.54) is 19.6 Å². The molecule has 0 aliphatic heterocycles. The van der Waals surface area contributed by atoms with Gasteiger partial charge in [0.2, 0.25) is 0 Å². The van der Waals surface area contributed by atoms with Gasteiger partial charge in [0.15, 0.2) is 0 Å². The fraction of sp³-hybridized carbons (Fsp3) is 1.00. The van der Waals surface area contributed by atoms with Gasteiger partial charge in [0.1, 0.15) is 0 Å². The first-order valence-electron chi connectivity index (χ1n) is 6.93. The van der Waals surface area contributed by atoms with Crippen LogP contribution < -0.4 is 0 Å². The molecule has 8 nitrogen and oxygen atoms in total. The van der Waals surface area contributed by atoms with Crippen molar-refractivity contribution in [3.8, 4) is 0 Å². The van der Waals surface area contributed by atoms with Gasteiger partial charge in [0.25, 0.3) is 0 Å². The molecule has 0 aliphatic rings. The van der Waals surface area contributed by atoms with Crippen LogP contribution in [0.5, 0.6) is 0 Å². The summed E-state index contributed by atoms with van der Waals surface area (Å²) in [5, 5.41) is 25.9. The van der Waals surface area contributed by atoms with Crippen LogP contribution in [0, 0.1) is 0 Å². The standard InChI is InChI=1S/C6H15NO6.C6H15N/c8-1-4-11-7(12-5-2-9)13-6-3-10;1-4-7(5-2)6-3/h8-10H,1-6H2;4-6H2,1-3H3. The highest BCUT2D eigenvalue weighted by molar-refractivity contribution is 4.43. The maximum Gasteiger partial charge on any atom is 0.0967 e. The highest BCUT2D eigenvalue weighted by Gasteiger charge is 2.05. The summed E-state index contributed by atoms with van der Waals surface area (Å²) in [4.78, 5) is 16.5. The second-order valence-electron chi connectivity index (χ2n) is 3.51. The van der Waals surface area contributed by atoms with Crippen LogP contribution in [0.1, 0.15) is 20.8 Å². The fourth-order valence-electron chi connectivity index (χ4n) is 1.13. The smallest absolute Gasteiger partial charge is 0.0967 e. The molecule has 0 heterocycles. The summed E-state index contributed by atoms with van der Waals surface area (Å²) < 4.78 is 0. The minimum Gasteiger partial charge on any atom is -0.394 e. The normalized spacial score (nSPS) is 10.8. The average molecular weight is 298 g/mol. The first kappa shape index (κ1) is 22.0. The molecule has 0 rings (SSSR count). The lowest BCUT2D eigenvalue weighted by Crippen LogP contribution is -2.28. The zero-order chi connectivity index (χ0) is 15.6. The van der Waals surface area contributed by atoms with Gasteiger partial charge in [-0.3, -0.25) is 0 Å². The monoisotopic (exact) mass is 298 g/mol. The van der Waals surface area contributed by atoms with Gasteiger partial charge in [-0.2, -0.15) is 0 Å². The molecule has 0 unspecified atom stereocenters. The van der Waals surface area contributed by atoms with Gasteiger partial charge in [-0.1, -0.05) is 20.8 Å². The first-order valence-corrected chi connectivity index (χ1v) is 6.93. The third kappa shape index (κ3) is 15.7. The Morgan fingerprint density at radius 2 is 0.950 bits per heavy atom. The van der Waals surface area contributed by atoms with Crippen molar-refractivity contribution in [1.29, 1.82) is 0 Å². The summed E-state index contributed by atoms with van der Waals surface area (Å²) in [5.41, 5.74) is 0. The maximum atomic E-state index is 8.40. The summed E-state index contributed by atoms with van der Waals surface area (Å²) in [5.74, 6) is 0. The predicted octanol–water partition coefficient (Wildman–Crippen LogP) is -0.592. The van der Waals surface area contributed by atoms with E-state index in [1.807, 2.05) is 0 Å². The Hall–Kier alpha value is -0.320. The molecule has 0 radical (unpaired) electrons. The summed E-state index contributed by atoms with van der Waals surface area (Å²) in [7, 11) is 0. The molecular formula is C12H30N2O6. The molecule has 20 heavy (non-hydrogen) atoms. The Balaban J connectivity index is 0. The van der Waals surface area contributed by atoms with Crippen LogP contribution in [0.4, 0.5) is 0 Å². The van der Waals surface area contributed by atoms with Crippen LogP contribution in [0.25, 0.3) is 0 Å². The maximum absolute atomic E-state index is 8.40. The van der Waals surface area contributed by atoms with E-state index in [1.54, 1.807) is 0 Å². The number of hydrogen-bond acceptors (Lipinski definition) is 8. The Morgan fingerprint density at radius 1 is 0.650 bits per heavy atom. The number of rotatable bonds is 12. The zero-order valence-corrected chi connectivity index (χ0v) is 12.8. The average Bonchev–Trinajstić information content (AvgIpc) is 2.49. The predicted molar refractivity (Wildman–Crippen MR) is 74.4 cm³/mol. The van der Waals surface area contributed by atoms with E-state index in [9.17, 15) is 0 Å². The van der Waals surface area contributed by atoms with Gasteiger partial charge in [0, 0.05) is 0 Å². The zero-order valence-electron chi connectivity index (χ0n) is 12.8. The topological polar surface area (TPSA) is 94.9 Å². The van der Waals surface area contributed by atoms with Crippen LogP contribution in [0.2, 0.25) is 0 Å². The second kappa shape index (κ2) is 18.7. The van der Waals surface area contributed by atoms with Crippen LogP contribution >= 0.6 is 0 Å². The number of aliphatic hydroxyl groups is 3. The molecule has 0 aromatic carbocycles. The summed E-state index contributed by atoms with van der Waals surface area (Å²) in [6.07, 6.45) is 0. The minimum absolute atomic E-state index is 0.0108. The molecular weight excluding hydrogens is 268 g/mol. The van der Waals surface area contributed by atoms with Gasteiger partial charge in [0.05, 0.1) is 45.0 Å². The van der Waals surface area contributed by atoms with Crippen molar-refractivity contribution in [2.24, 2.45) is 0 Å². The number of aliphatic hydroxyl groups excluding tert-OH is 3. The fourth-order valence-corrected chi connectivity index (χ4v) is 1.13. The van der Waals surface area contributed by atoms with E-state index in [4.69, 9.17) is 29.8 Å². The Labute approximate surface area is 121 Å². The number of hydrogen-bond donors (Lipinski definition) is 3. The first-order chi connectivity index (χ1) is 9.69. The Bertz CT molecular complexity index is 147. The van der Waals surface area contributed by atoms with Gasteiger partial charge >= 0.3 is 0 Å². The largest absolute Gasteiger partial charge is 0.394 e. The van der Waals surface area contributed by atoms with Crippen LogP contribution in [-0.4, -0.2) is 84.9 Å². The molecule has 0 saturated carbocycles. The molecule has 0 aromatic rings. The second-order valence-corrected chi connectivity index (χ2v) is 3.51. The lowest BCUT2D eigenvalue weighted by molar-refractivity contribution is -0.527. The van der Waals surface area contributed by atoms with E-state index < -0.39 is 0 Å².